The largest absolute Gasteiger partial charge is 0.508 e. The van der Waals surface area contributed by atoms with Crippen LogP contribution in [0.1, 0.15) is 31.4 Å². The third-order valence-electron chi connectivity index (χ3n) is 5.47. The lowest BCUT2D eigenvalue weighted by atomic mass is 9.99. The van der Waals surface area contributed by atoms with Gasteiger partial charge in [-0.15, -0.1) is 0 Å². The highest BCUT2D eigenvalue weighted by atomic mass is 35.5. The van der Waals surface area contributed by atoms with Crippen LogP contribution in [-0.2, 0) is 6.54 Å². The number of rotatable bonds is 5. The first-order valence-electron chi connectivity index (χ1n) is 10.2. The first-order valence-corrected chi connectivity index (χ1v) is 11.4. The van der Waals surface area contributed by atoms with Crippen molar-refractivity contribution >= 4 is 38.3 Å². The summed E-state index contributed by atoms with van der Waals surface area (Å²) in [5.41, 5.74) is 3.30. The number of halogens is 1. The number of anilines is 1. The van der Waals surface area contributed by atoms with Gasteiger partial charge in [0.25, 0.3) is 0 Å². The zero-order valence-electron chi connectivity index (χ0n) is 17.2. The van der Waals surface area contributed by atoms with E-state index < -0.39 is 0 Å². The van der Waals surface area contributed by atoms with Gasteiger partial charge in [0.1, 0.15) is 5.75 Å². The molecule has 4 nitrogen and oxygen atoms in total. The Morgan fingerprint density at radius 2 is 2.03 bits per heavy atom. The van der Waals surface area contributed by atoms with Crippen molar-refractivity contribution in [1.82, 2.24) is 9.88 Å². The van der Waals surface area contributed by atoms with Gasteiger partial charge < -0.3 is 10.0 Å². The third kappa shape index (κ3) is 4.85. The highest BCUT2D eigenvalue weighted by molar-refractivity contribution is 7.22. The summed E-state index contributed by atoms with van der Waals surface area (Å²) in [7, 11) is 0. The van der Waals surface area contributed by atoms with Crippen molar-refractivity contribution in [3.05, 3.63) is 52.5 Å². The lowest BCUT2D eigenvalue weighted by Crippen LogP contribution is -2.53. The van der Waals surface area contributed by atoms with Gasteiger partial charge in [0.05, 0.1) is 10.2 Å². The average Bonchev–Trinajstić information content (AvgIpc) is 3.05. The van der Waals surface area contributed by atoms with Crippen molar-refractivity contribution < 1.29 is 5.11 Å². The molecule has 1 fully saturated rings. The summed E-state index contributed by atoms with van der Waals surface area (Å²) in [6.07, 6.45) is 1.14. The molecule has 3 aromatic rings. The molecular formula is C23H28ClN3OS. The number of phenols is 1. The number of benzene rings is 2. The van der Waals surface area contributed by atoms with Crippen LogP contribution >= 0.6 is 22.9 Å². The van der Waals surface area contributed by atoms with Crippen LogP contribution in [0.2, 0.25) is 5.02 Å². The van der Waals surface area contributed by atoms with Crippen LogP contribution < -0.4 is 4.90 Å². The summed E-state index contributed by atoms with van der Waals surface area (Å²) in [6, 6.07) is 12.3. The molecule has 1 aliphatic heterocycles. The zero-order chi connectivity index (χ0) is 20.5. The molecule has 0 radical (unpaired) electrons. The number of aromatic hydroxyl groups is 1. The van der Waals surface area contributed by atoms with Gasteiger partial charge in [0.2, 0.25) is 0 Å². The van der Waals surface area contributed by atoms with Crippen LogP contribution in [0, 0.1) is 12.8 Å². The Hall–Kier alpha value is -1.82. The Balaban J connectivity index is 1.53. The molecule has 6 heteroatoms. The van der Waals surface area contributed by atoms with Crippen LogP contribution in [0.5, 0.6) is 5.75 Å². The van der Waals surface area contributed by atoms with Crippen molar-refractivity contribution in [2.24, 2.45) is 5.92 Å². The molecule has 0 unspecified atom stereocenters. The first-order chi connectivity index (χ1) is 13.9. The quantitative estimate of drug-likeness (QED) is 0.564. The molecule has 154 valence electrons. The van der Waals surface area contributed by atoms with Gasteiger partial charge in [-0.2, -0.15) is 0 Å². The van der Waals surface area contributed by atoms with Gasteiger partial charge in [-0.3, -0.25) is 4.90 Å². The van der Waals surface area contributed by atoms with E-state index in [-0.39, 0.29) is 0 Å². The van der Waals surface area contributed by atoms with E-state index in [0.29, 0.717) is 17.7 Å². The van der Waals surface area contributed by atoms with E-state index in [1.54, 1.807) is 11.3 Å². The molecule has 4 rings (SSSR count). The monoisotopic (exact) mass is 429 g/mol. The summed E-state index contributed by atoms with van der Waals surface area (Å²) in [6.45, 7) is 10.4. The molecule has 1 saturated heterocycles. The molecule has 0 aliphatic carbocycles. The predicted octanol–water partition coefficient (Wildman–Crippen LogP) is 5.70. The minimum absolute atomic E-state index is 0.354. The van der Waals surface area contributed by atoms with Crippen molar-refractivity contribution in [3.8, 4) is 5.75 Å². The highest BCUT2D eigenvalue weighted by Crippen LogP contribution is 2.33. The van der Waals surface area contributed by atoms with Crippen LogP contribution in [0.3, 0.4) is 0 Å². The second-order valence-corrected chi connectivity index (χ2v) is 9.93. The number of aryl methyl sites for hydroxylation is 1. The van der Waals surface area contributed by atoms with Gasteiger partial charge in [-0.1, -0.05) is 42.9 Å². The summed E-state index contributed by atoms with van der Waals surface area (Å²) in [5, 5.41) is 11.8. The Labute approximate surface area is 181 Å². The minimum atomic E-state index is 0.354. The maximum atomic E-state index is 9.97. The Morgan fingerprint density at radius 1 is 1.21 bits per heavy atom. The molecule has 2 heterocycles. The first kappa shape index (κ1) is 20.5. The third-order valence-corrected chi connectivity index (χ3v) is 6.78. The Kier molecular flexibility index (Phi) is 6.00. The number of fused-ring (bicyclic) bond motifs is 1. The van der Waals surface area contributed by atoms with E-state index in [0.717, 1.165) is 58.5 Å². The molecule has 0 amide bonds. The summed E-state index contributed by atoms with van der Waals surface area (Å²) in [5.74, 6) is 0.981. The normalized spacial score (nSPS) is 18.1. The van der Waals surface area contributed by atoms with Crippen LogP contribution in [0.4, 0.5) is 5.13 Å². The van der Waals surface area contributed by atoms with E-state index in [2.05, 4.69) is 29.7 Å². The number of nitrogens with zero attached hydrogens (tertiary/aromatic N) is 3. The number of piperazine rings is 1. The zero-order valence-corrected chi connectivity index (χ0v) is 18.8. The molecule has 1 aliphatic rings. The second-order valence-electron chi connectivity index (χ2n) is 8.49. The molecule has 0 saturated carbocycles. The summed E-state index contributed by atoms with van der Waals surface area (Å²) < 4.78 is 1.14. The fraction of sp³-hybridized carbons (Fsp3) is 0.435. The maximum Gasteiger partial charge on any atom is 0.186 e. The maximum absolute atomic E-state index is 9.97. The van der Waals surface area contributed by atoms with Crippen molar-refractivity contribution in [2.45, 2.75) is 39.8 Å². The SMILES string of the molecule is Cc1cc(O)cc(CN2CCN(c3nc4ccc(Cl)cc4s3)C[C@@H]2CC(C)C)c1. The number of phenolic OH excluding ortho intramolecular Hbond substituents is 1. The van der Waals surface area contributed by atoms with Gasteiger partial charge in [0.15, 0.2) is 5.13 Å². The van der Waals surface area contributed by atoms with Crippen LogP contribution in [0.25, 0.3) is 10.2 Å². The van der Waals surface area contributed by atoms with Crippen molar-refractivity contribution in [2.75, 3.05) is 24.5 Å². The number of aromatic nitrogens is 1. The lowest BCUT2D eigenvalue weighted by Gasteiger charge is -2.42. The van der Waals surface area contributed by atoms with Crippen molar-refractivity contribution in [3.63, 3.8) is 0 Å². The van der Waals surface area contributed by atoms with E-state index in [4.69, 9.17) is 16.6 Å². The smallest absolute Gasteiger partial charge is 0.186 e. The number of thiazole rings is 1. The van der Waals surface area contributed by atoms with Gasteiger partial charge >= 0.3 is 0 Å². The van der Waals surface area contributed by atoms with Gasteiger partial charge in [-0.05, 0) is 60.7 Å². The predicted molar refractivity (Wildman–Crippen MR) is 123 cm³/mol. The molecule has 1 N–H and O–H groups in total. The standard InChI is InChI=1S/C23H28ClN3OS/c1-15(2)8-19-14-27(23-25-21-5-4-18(24)12-22(21)29-23)7-6-26(19)13-17-9-16(3)10-20(28)11-17/h4-5,9-12,15,19,28H,6-8,13-14H2,1-3H3/t19-/m0/s1. The average molecular weight is 430 g/mol. The molecule has 0 bridgehead atoms. The summed E-state index contributed by atoms with van der Waals surface area (Å²) in [4.78, 5) is 9.85. The molecule has 1 aromatic heterocycles. The molecule has 0 spiro atoms. The number of hydrogen-bond acceptors (Lipinski definition) is 5. The van der Waals surface area contributed by atoms with Crippen LogP contribution in [-0.4, -0.2) is 40.7 Å². The Morgan fingerprint density at radius 3 is 2.79 bits per heavy atom. The Bertz CT molecular complexity index is 983. The van der Waals surface area contributed by atoms with E-state index in [1.165, 1.54) is 5.56 Å². The fourth-order valence-electron chi connectivity index (χ4n) is 4.23. The highest BCUT2D eigenvalue weighted by Gasteiger charge is 2.29. The van der Waals surface area contributed by atoms with Crippen molar-refractivity contribution in [1.29, 1.82) is 0 Å². The molecule has 2 aromatic carbocycles. The lowest BCUT2D eigenvalue weighted by molar-refractivity contribution is 0.148. The van der Waals surface area contributed by atoms with Gasteiger partial charge in [0, 0.05) is 37.2 Å². The van der Waals surface area contributed by atoms with E-state index >= 15 is 0 Å². The fourth-order valence-corrected chi connectivity index (χ4v) is 5.51. The van der Waals surface area contributed by atoms with Gasteiger partial charge in [-0.25, -0.2) is 4.98 Å². The molecule has 1 atom stereocenters. The molecular weight excluding hydrogens is 402 g/mol. The number of hydrogen-bond donors (Lipinski definition) is 1. The minimum Gasteiger partial charge on any atom is -0.508 e. The van der Waals surface area contributed by atoms with E-state index in [9.17, 15) is 5.11 Å². The van der Waals surface area contributed by atoms with Crippen LogP contribution in [0.15, 0.2) is 36.4 Å². The second kappa shape index (κ2) is 8.50. The molecule has 29 heavy (non-hydrogen) atoms. The summed E-state index contributed by atoms with van der Waals surface area (Å²) >= 11 is 7.88. The van der Waals surface area contributed by atoms with E-state index in [1.807, 2.05) is 37.3 Å². The topological polar surface area (TPSA) is 39.6 Å².